The summed E-state index contributed by atoms with van der Waals surface area (Å²) < 4.78 is 18.0. The number of nitrogens with zero attached hydrogens (tertiary/aromatic N) is 4. The van der Waals surface area contributed by atoms with Gasteiger partial charge in [0.15, 0.2) is 5.82 Å². The maximum atomic E-state index is 13.0. The highest BCUT2D eigenvalue weighted by atomic mass is 16.5. The van der Waals surface area contributed by atoms with E-state index in [1.807, 2.05) is 30.3 Å². The topological polar surface area (TPSA) is 104 Å². The Balaban J connectivity index is 1.40. The summed E-state index contributed by atoms with van der Waals surface area (Å²) in [6, 6.07) is 13.0. The fraction of sp³-hybridized carbons (Fsp3) is 0.364. The van der Waals surface area contributed by atoms with Crippen molar-refractivity contribution in [2.24, 2.45) is 0 Å². The van der Waals surface area contributed by atoms with Crippen LogP contribution in [0.2, 0.25) is 0 Å². The maximum Gasteiger partial charge on any atom is 0.270 e. The zero-order valence-electron chi connectivity index (χ0n) is 17.1. The van der Waals surface area contributed by atoms with Gasteiger partial charge >= 0.3 is 0 Å². The van der Waals surface area contributed by atoms with Crippen LogP contribution in [0.15, 0.2) is 53.1 Å². The Bertz CT molecular complexity index is 979. The number of rotatable bonds is 10. The normalized spacial score (nSPS) is 16.5. The van der Waals surface area contributed by atoms with E-state index in [2.05, 4.69) is 20.8 Å². The molecule has 4 rings (SSSR count). The van der Waals surface area contributed by atoms with Crippen molar-refractivity contribution in [3.63, 3.8) is 0 Å². The Hall–Kier alpha value is -3.30. The summed E-state index contributed by atoms with van der Waals surface area (Å²) in [6.45, 7) is 2.43. The van der Waals surface area contributed by atoms with E-state index in [1.165, 1.54) is 4.68 Å². The van der Waals surface area contributed by atoms with Crippen LogP contribution in [0.25, 0.3) is 23.2 Å². The van der Waals surface area contributed by atoms with E-state index >= 15 is 0 Å². The predicted molar refractivity (Wildman–Crippen MR) is 114 cm³/mol. The van der Waals surface area contributed by atoms with Crippen molar-refractivity contribution in [2.75, 3.05) is 26.4 Å². The van der Waals surface area contributed by atoms with Gasteiger partial charge in [-0.2, -0.15) is 4.68 Å². The van der Waals surface area contributed by atoms with Gasteiger partial charge in [0.1, 0.15) is 11.5 Å². The van der Waals surface area contributed by atoms with Crippen molar-refractivity contribution in [3.8, 4) is 11.4 Å². The van der Waals surface area contributed by atoms with Gasteiger partial charge in [0.05, 0.1) is 19.0 Å². The van der Waals surface area contributed by atoms with Crippen LogP contribution < -0.4 is 5.32 Å². The number of carbonyl (C=O) groups is 1. The molecule has 1 fully saturated rings. The molecule has 2 aromatic heterocycles. The van der Waals surface area contributed by atoms with Gasteiger partial charge in [0.25, 0.3) is 5.91 Å². The molecule has 31 heavy (non-hydrogen) atoms. The van der Waals surface area contributed by atoms with Crippen molar-refractivity contribution in [1.29, 1.82) is 0 Å². The van der Waals surface area contributed by atoms with E-state index in [4.69, 9.17) is 13.9 Å². The van der Waals surface area contributed by atoms with Crippen LogP contribution in [0.5, 0.6) is 0 Å². The summed E-state index contributed by atoms with van der Waals surface area (Å²) in [4.78, 5) is 13.0. The largest absolute Gasteiger partial charge is 0.465 e. The molecule has 1 unspecified atom stereocenters. The monoisotopic (exact) mass is 423 g/mol. The first-order valence-electron chi connectivity index (χ1n) is 10.4. The van der Waals surface area contributed by atoms with Crippen molar-refractivity contribution < 1.29 is 18.7 Å². The number of aromatic nitrogens is 4. The van der Waals surface area contributed by atoms with Crippen LogP contribution in [0.4, 0.5) is 0 Å². The van der Waals surface area contributed by atoms with Crippen LogP contribution in [0.1, 0.15) is 25.0 Å². The second-order valence-corrected chi connectivity index (χ2v) is 7.14. The van der Waals surface area contributed by atoms with E-state index in [1.54, 1.807) is 24.5 Å². The van der Waals surface area contributed by atoms with Gasteiger partial charge in [-0.15, -0.1) is 5.10 Å². The lowest BCUT2D eigenvalue weighted by molar-refractivity contribution is -0.116. The molecule has 0 saturated carbocycles. The molecule has 3 aromatic rings. The fourth-order valence-corrected chi connectivity index (χ4v) is 3.30. The molecule has 0 bridgehead atoms. The second-order valence-electron chi connectivity index (χ2n) is 7.14. The minimum Gasteiger partial charge on any atom is -0.465 e. The molecule has 0 radical (unpaired) electrons. The molecule has 1 aromatic carbocycles. The van der Waals surface area contributed by atoms with Crippen LogP contribution in [0.3, 0.4) is 0 Å². The van der Waals surface area contributed by atoms with E-state index in [-0.39, 0.29) is 17.7 Å². The fourth-order valence-electron chi connectivity index (χ4n) is 3.30. The Morgan fingerprint density at radius 3 is 2.94 bits per heavy atom. The average molecular weight is 423 g/mol. The summed E-state index contributed by atoms with van der Waals surface area (Å²) >= 11 is 0. The van der Waals surface area contributed by atoms with Crippen LogP contribution in [0, 0.1) is 0 Å². The molecular formula is C22H25N5O4. The van der Waals surface area contributed by atoms with Gasteiger partial charge in [0.2, 0.25) is 0 Å². The first-order chi connectivity index (χ1) is 15.3. The molecule has 0 aliphatic carbocycles. The van der Waals surface area contributed by atoms with E-state index in [9.17, 15) is 4.79 Å². The standard InChI is InChI=1S/C22H25N5O4/c28-22(23-11-6-12-29-16-19-10-5-14-31-19)20(15-18-9-4-13-30-18)27-21(24-25-26-27)17-7-2-1-3-8-17/h1-4,7-9,13,15,19H,5-6,10-12,14,16H2,(H,23,28)/b20-15-. The average Bonchev–Trinajstić information content (AvgIpc) is 3.57. The van der Waals surface area contributed by atoms with Crippen LogP contribution in [-0.2, 0) is 14.3 Å². The molecule has 1 atom stereocenters. The molecule has 9 nitrogen and oxygen atoms in total. The first kappa shape index (κ1) is 21.0. The molecule has 1 saturated heterocycles. The number of hydrogen-bond donors (Lipinski definition) is 1. The van der Waals surface area contributed by atoms with Gasteiger partial charge < -0.3 is 19.2 Å². The number of hydrogen-bond acceptors (Lipinski definition) is 7. The lowest BCUT2D eigenvalue weighted by atomic mass is 10.2. The highest BCUT2D eigenvalue weighted by Crippen LogP contribution is 2.20. The van der Waals surface area contributed by atoms with Gasteiger partial charge in [-0.3, -0.25) is 4.79 Å². The van der Waals surface area contributed by atoms with Gasteiger partial charge in [-0.1, -0.05) is 30.3 Å². The summed E-state index contributed by atoms with van der Waals surface area (Å²) in [6.07, 6.45) is 6.20. The second kappa shape index (κ2) is 10.6. The number of nitrogens with one attached hydrogen (secondary N) is 1. The summed E-state index contributed by atoms with van der Waals surface area (Å²) in [5.41, 5.74) is 1.06. The highest BCUT2D eigenvalue weighted by Gasteiger charge is 2.20. The quantitative estimate of drug-likeness (QED) is 0.395. The SMILES string of the molecule is O=C(NCCCOCC1CCCO1)/C(=C/c1ccco1)n1nnnc1-c1ccccc1. The predicted octanol–water partition coefficient (Wildman–Crippen LogP) is 2.63. The summed E-state index contributed by atoms with van der Waals surface area (Å²) in [5, 5.41) is 14.8. The summed E-state index contributed by atoms with van der Waals surface area (Å²) in [7, 11) is 0. The smallest absolute Gasteiger partial charge is 0.270 e. The van der Waals surface area contributed by atoms with Crippen molar-refractivity contribution in [3.05, 3.63) is 54.5 Å². The van der Waals surface area contributed by atoms with Gasteiger partial charge in [0, 0.05) is 31.4 Å². The minimum atomic E-state index is -0.306. The van der Waals surface area contributed by atoms with E-state index < -0.39 is 0 Å². The highest BCUT2D eigenvalue weighted by molar-refractivity contribution is 6.18. The third kappa shape index (κ3) is 5.65. The zero-order valence-corrected chi connectivity index (χ0v) is 17.1. The van der Waals surface area contributed by atoms with Crippen molar-refractivity contribution >= 4 is 17.7 Å². The Labute approximate surface area is 180 Å². The van der Waals surface area contributed by atoms with Gasteiger partial charge in [-0.05, 0) is 41.8 Å². The summed E-state index contributed by atoms with van der Waals surface area (Å²) in [5.74, 6) is 0.688. The van der Waals surface area contributed by atoms with Crippen molar-refractivity contribution in [1.82, 2.24) is 25.5 Å². The molecule has 0 spiro atoms. The maximum absolute atomic E-state index is 13.0. The number of amides is 1. The van der Waals surface area contributed by atoms with Crippen LogP contribution >= 0.6 is 0 Å². The number of furan rings is 1. The number of carbonyl (C=O) groups excluding carboxylic acids is 1. The van der Waals surface area contributed by atoms with E-state index in [0.717, 1.165) is 25.0 Å². The molecule has 1 aliphatic rings. The third-order valence-corrected chi connectivity index (χ3v) is 4.86. The third-order valence-electron chi connectivity index (χ3n) is 4.86. The lowest BCUT2D eigenvalue weighted by Gasteiger charge is -2.12. The van der Waals surface area contributed by atoms with Crippen molar-refractivity contribution in [2.45, 2.75) is 25.4 Å². The number of tetrazole rings is 1. The molecule has 1 N–H and O–H groups in total. The van der Waals surface area contributed by atoms with E-state index in [0.29, 0.717) is 37.8 Å². The zero-order chi connectivity index (χ0) is 21.3. The van der Waals surface area contributed by atoms with Crippen LogP contribution in [-0.4, -0.2) is 58.6 Å². The molecule has 1 amide bonds. The molecular weight excluding hydrogens is 398 g/mol. The molecule has 162 valence electrons. The number of ether oxygens (including phenoxy) is 2. The molecule has 1 aliphatic heterocycles. The Kier molecular flexibility index (Phi) is 7.20. The molecule has 9 heteroatoms. The lowest BCUT2D eigenvalue weighted by Crippen LogP contribution is -2.29. The first-order valence-corrected chi connectivity index (χ1v) is 10.4. The molecule has 3 heterocycles. The van der Waals surface area contributed by atoms with Gasteiger partial charge in [-0.25, -0.2) is 0 Å². The number of benzene rings is 1. The minimum absolute atomic E-state index is 0.202. The Morgan fingerprint density at radius 1 is 1.26 bits per heavy atom. The Morgan fingerprint density at radius 2 is 2.16 bits per heavy atom.